The van der Waals surface area contributed by atoms with E-state index in [1.807, 2.05) is 31.0 Å². The maximum atomic E-state index is 4.36. The van der Waals surface area contributed by atoms with Crippen LogP contribution in [0.4, 0.5) is 0 Å². The van der Waals surface area contributed by atoms with Crippen molar-refractivity contribution in [2.45, 2.75) is 6.04 Å². The zero-order valence-electron chi connectivity index (χ0n) is 8.78. The molecule has 4 nitrogen and oxygen atoms in total. The first-order valence-electron chi connectivity index (χ1n) is 4.45. The topological polar surface area (TPSA) is 33.1 Å². The van der Waals surface area contributed by atoms with E-state index < -0.39 is 0 Å². The second kappa shape index (κ2) is 4.39. The van der Waals surface area contributed by atoms with Gasteiger partial charge in [-0.15, -0.1) is 0 Å². The first-order chi connectivity index (χ1) is 6.13. The highest BCUT2D eigenvalue weighted by molar-refractivity contribution is 5.05. The lowest BCUT2D eigenvalue weighted by Crippen LogP contribution is -2.29. The van der Waals surface area contributed by atoms with Gasteiger partial charge >= 0.3 is 0 Å². The van der Waals surface area contributed by atoms with E-state index in [9.17, 15) is 0 Å². The molecule has 4 heteroatoms. The number of nitrogens with zero attached hydrogens (tertiary/aromatic N) is 3. The summed E-state index contributed by atoms with van der Waals surface area (Å²) in [6.07, 6.45) is 1.97. The van der Waals surface area contributed by atoms with Gasteiger partial charge in [-0.2, -0.15) is 5.10 Å². The van der Waals surface area contributed by atoms with E-state index in [1.165, 1.54) is 0 Å². The Morgan fingerprint density at radius 2 is 2.31 bits per heavy atom. The summed E-state index contributed by atoms with van der Waals surface area (Å²) in [5, 5.41) is 7.61. The minimum Gasteiger partial charge on any atom is -0.311 e. The second-order valence-corrected chi connectivity index (χ2v) is 3.52. The molecule has 0 aromatic carbocycles. The van der Waals surface area contributed by atoms with Crippen molar-refractivity contribution in [3.63, 3.8) is 0 Å². The number of likely N-dealkylation sites (N-methyl/N-ethyl adjacent to an activating group) is 2. The molecule has 0 saturated carbocycles. The standard InChI is InChI=1S/C9H18N4/c1-10-9(7-12(2)3)8-5-6-13(4)11-8/h5-6,9-10H,7H2,1-4H3. The van der Waals surface area contributed by atoms with Crippen LogP contribution in [-0.4, -0.2) is 42.4 Å². The van der Waals surface area contributed by atoms with E-state index in [2.05, 4.69) is 29.4 Å². The number of hydrogen-bond acceptors (Lipinski definition) is 3. The zero-order valence-corrected chi connectivity index (χ0v) is 8.78. The minimum atomic E-state index is 0.316. The van der Waals surface area contributed by atoms with Crippen LogP contribution in [0.5, 0.6) is 0 Å². The van der Waals surface area contributed by atoms with Crippen LogP contribution in [0.2, 0.25) is 0 Å². The van der Waals surface area contributed by atoms with Gasteiger partial charge in [0.2, 0.25) is 0 Å². The largest absolute Gasteiger partial charge is 0.311 e. The Morgan fingerprint density at radius 1 is 1.62 bits per heavy atom. The van der Waals surface area contributed by atoms with Crippen molar-refractivity contribution in [3.05, 3.63) is 18.0 Å². The molecule has 0 aliphatic heterocycles. The monoisotopic (exact) mass is 182 g/mol. The molecule has 0 saturated heterocycles. The van der Waals surface area contributed by atoms with Crippen molar-refractivity contribution < 1.29 is 0 Å². The van der Waals surface area contributed by atoms with Crippen LogP contribution in [0, 0.1) is 0 Å². The molecule has 0 amide bonds. The Bertz CT molecular complexity index is 254. The third-order valence-corrected chi connectivity index (χ3v) is 1.99. The molecule has 1 rings (SSSR count). The predicted octanol–water partition coefficient (Wildman–Crippen LogP) is 0.242. The summed E-state index contributed by atoms with van der Waals surface area (Å²) in [5.41, 5.74) is 1.10. The molecule has 0 fully saturated rings. The smallest absolute Gasteiger partial charge is 0.0806 e. The van der Waals surface area contributed by atoms with Crippen LogP contribution in [0.15, 0.2) is 12.3 Å². The van der Waals surface area contributed by atoms with Gasteiger partial charge in [-0.05, 0) is 27.2 Å². The van der Waals surface area contributed by atoms with Gasteiger partial charge in [-0.3, -0.25) is 4.68 Å². The number of aryl methyl sites for hydroxylation is 1. The van der Waals surface area contributed by atoms with Crippen molar-refractivity contribution in [2.75, 3.05) is 27.7 Å². The average molecular weight is 182 g/mol. The molecule has 74 valence electrons. The van der Waals surface area contributed by atoms with Gasteiger partial charge in [0.15, 0.2) is 0 Å². The highest BCUT2D eigenvalue weighted by Crippen LogP contribution is 2.09. The van der Waals surface area contributed by atoms with Gasteiger partial charge < -0.3 is 10.2 Å². The molecule has 1 unspecified atom stereocenters. The SMILES string of the molecule is CNC(CN(C)C)c1ccn(C)n1. The summed E-state index contributed by atoms with van der Waals surface area (Å²) < 4.78 is 1.83. The first-order valence-corrected chi connectivity index (χ1v) is 4.45. The number of aromatic nitrogens is 2. The zero-order chi connectivity index (χ0) is 9.84. The predicted molar refractivity (Wildman–Crippen MR) is 53.6 cm³/mol. The summed E-state index contributed by atoms with van der Waals surface area (Å²) in [4.78, 5) is 2.15. The molecule has 1 aromatic heterocycles. The maximum absolute atomic E-state index is 4.36. The Kier molecular flexibility index (Phi) is 3.45. The van der Waals surface area contributed by atoms with E-state index in [-0.39, 0.29) is 0 Å². The third-order valence-electron chi connectivity index (χ3n) is 1.99. The average Bonchev–Trinajstić information content (AvgIpc) is 2.47. The molecular formula is C9H18N4. The van der Waals surface area contributed by atoms with Crippen molar-refractivity contribution in [1.82, 2.24) is 20.0 Å². The summed E-state index contributed by atoms with van der Waals surface area (Å²) >= 11 is 0. The van der Waals surface area contributed by atoms with Crippen LogP contribution < -0.4 is 5.32 Å². The molecule has 1 atom stereocenters. The Morgan fingerprint density at radius 3 is 2.69 bits per heavy atom. The van der Waals surface area contributed by atoms with Crippen LogP contribution >= 0.6 is 0 Å². The minimum absolute atomic E-state index is 0.316. The Balaban J connectivity index is 2.66. The molecule has 0 aliphatic rings. The molecule has 1 heterocycles. The van der Waals surface area contributed by atoms with E-state index in [0.29, 0.717) is 6.04 Å². The fraction of sp³-hybridized carbons (Fsp3) is 0.667. The molecular weight excluding hydrogens is 164 g/mol. The fourth-order valence-corrected chi connectivity index (χ4v) is 1.32. The van der Waals surface area contributed by atoms with Gasteiger partial charge in [-0.25, -0.2) is 0 Å². The van der Waals surface area contributed by atoms with E-state index in [0.717, 1.165) is 12.2 Å². The third kappa shape index (κ3) is 2.82. The maximum Gasteiger partial charge on any atom is 0.0806 e. The number of nitrogens with one attached hydrogen (secondary N) is 1. The van der Waals surface area contributed by atoms with Gasteiger partial charge in [0.1, 0.15) is 0 Å². The summed E-state index contributed by atoms with van der Waals surface area (Å²) in [6.45, 7) is 0.966. The van der Waals surface area contributed by atoms with Gasteiger partial charge in [-0.1, -0.05) is 0 Å². The highest BCUT2D eigenvalue weighted by Gasteiger charge is 2.12. The van der Waals surface area contributed by atoms with E-state index >= 15 is 0 Å². The lowest BCUT2D eigenvalue weighted by Gasteiger charge is -2.18. The highest BCUT2D eigenvalue weighted by atomic mass is 15.3. The lowest BCUT2D eigenvalue weighted by molar-refractivity contribution is 0.348. The first kappa shape index (κ1) is 10.2. The Hall–Kier alpha value is -0.870. The lowest BCUT2D eigenvalue weighted by atomic mass is 10.2. The van der Waals surface area contributed by atoms with Gasteiger partial charge in [0, 0.05) is 19.8 Å². The fourth-order valence-electron chi connectivity index (χ4n) is 1.32. The molecule has 1 N–H and O–H groups in total. The Labute approximate surface area is 79.5 Å². The van der Waals surface area contributed by atoms with Crippen molar-refractivity contribution in [1.29, 1.82) is 0 Å². The van der Waals surface area contributed by atoms with E-state index in [1.54, 1.807) is 0 Å². The second-order valence-electron chi connectivity index (χ2n) is 3.52. The molecule has 0 radical (unpaired) electrons. The van der Waals surface area contributed by atoms with Gasteiger partial charge in [0.25, 0.3) is 0 Å². The van der Waals surface area contributed by atoms with Crippen LogP contribution in [0.1, 0.15) is 11.7 Å². The summed E-state index contributed by atoms with van der Waals surface area (Å²) in [7, 11) is 8.02. The molecule has 0 aliphatic carbocycles. The normalized spacial score (nSPS) is 13.6. The van der Waals surface area contributed by atoms with Crippen LogP contribution in [-0.2, 0) is 7.05 Å². The summed E-state index contributed by atoms with van der Waals surface area (Å²) in [5.74, 6) is 0. The molecule has 13 heavy (non-hydrogen) atoms. The van der Waals surface area contributed by atoms with Crippen molar-refractivity contribution in [3.8, 4) is 0 Å². The van der Waals surface area contributed by atoms with Crippen molar-refractivity contribution >= 4 is 0 Å². The van der Waals surface area contributed by atoms with Gasteiger partial charge in [0.05, 0.1) is 11.7 Å². The molecule has 1 aromatic rings. The van der Waals surface area contributed by atoms with E-state index in [4.69, 9.17) is 0 Å². The molecule has 0 bridgehead atoms. The number of hydrogen-bond donors (Lipinski definition) is 1. The number of rotatable bonds is 4. The molecule has 0 spiro atoms. The van der Waals surface area contributed by atoms with Crippen LogP contribution in [0.25, 0.3) is 0 Å². The van der Waals surface area contributed by atoms with Crippen LogP contribution in [0.3, 0.4) is 0 Å². The van der Waals surface area contributed by atoms with Crippen molar-refractivity contribution in [2.24, 2.45) is 7.05 Å². The quantitative estimate of drug-likeness (QED) is 0.724. The summed E-state index contributed by atoms with van der Waals surface area (Å²) in [6, 6.07) is 2.36.